The van der Waals surface area contributed by atoms with Gasteiger partial charge in [0.2, 0.25) is 10.0 Å². The summed E-state index contributed by atoms with van der Waals surface area (Å²) >= 11 is 0. The molecule has 1 fully saturated rings. The summed E-state index contributed by atoms with van der Waals surface area (Å²) in [5, 5.41) is 14.7. The summed E-state index contributed by atoms with van der Waals surface area (Å²) in [4.78, 5) is 20.5. The van der Waals surface area contributed by atoms with Gasteiger partial charge >= 0.3 is 0 Å². The molecule has 0 radical (unpaired) electrons. The van der Waals surface area contributed by atoms with Gasteiger partial charge in [-0.2, -0.15) is 4.31 Å². The Balaban J connectivity index is 1.79. The highest BCUT2D eigenvalue weighted by atomic mass is 32.2. The van der Waals surface area contributed by atoms with Crippen LogP contribution in [0.15, 0.2) is 27.9 Å². The molecule has 0 spiro atoms. The number of nitrogens with zero attached hydrogens (tertiary/aromatic N) is 4. The number of hydrogen-bond acceptors (Lipinski definition) is 7. The molecule has 36 heavy (non-hydrogen) atoms. The number of hydrogen-bond donors (Lipinski definition) is 2. The molecular formula is C25H35N5O5S. The SMILES string of the molecule is CCCCCCc1nc(C)c2c(=O)[nH]c(-c3cc(S(=O)(=O)N4CCCC(O)C4)ccc3OCC)nn12. The van der Waals surface area contributed by atoms with Crippen LogP contribution in [-0.4, -0.2) is 63.2 Å². The highest BCUT2D eigenvalue weighted by molar-refractivity contribution is 7.89. The number of benzene rings is 1. The lowest BCUT2D eigenvalue weighted by Gasteiger charge is -2.29. The van der Waals surface area contributed by atoms with Gasteiger partial charge in [-0.05, 0) is 51.3 Å². The number of imidazole rings is 1. The van der Waals surface area contributed by atoms with Crippen LogP contribution in [0.25, 0.3) is 16.9 Å². The predicted octanol–water partition coefficient (Wildman–Crippen LogP) is 3.06. The van der Waals surface area contributed by atoms with E-state index in [1.54, 1.807) is 17.5 Å². The monoisotopic (exact) mass is 517 g/mol. The van der Waals surface area contributed by atoms with Gasteiger partial charge in [0.05, 0.1) is 28.9 Å². The standard InChI is InChI=1S/C25H35N5O5S/c1-4-6-7-8-11-22-26-17(3)23-25(32)27-24(28-30(22)23)20-15-19(12-13-21(20)35-5-2)36(33,34)29-14-9-10-18(31)16-29/h12-13,15,18,31H,4-11,14,16H2,1-3H3,(H,27,28,32). The molecule has 10 nitrogen and oxygen atoms in total. The van der Waals surface area contributed by atoms with E-state index in [1.807, 2.05) is 6.92 Å². The number of aromatic amines is 1. The van der Waals surface area contributed by atoms with Gasteiger partial charge in [-0.15, -0.1) is 5.10 Å². The number of β-amino-alcohol motifs (C(OH)–C–C–N with tert-alkyl or cyclic N) is 1. The minimum absolute atomic E-state index is 0.0550. The van der Waals surface area contributed by atoms with E-state index in [0.29, 0.717) is 60.8 Å². The minimum Gasteiger partial charge on any atom is -0.493 e. The van der Waals surface area contributed by atoms with Crippen molar-refractivity contribution in [3.8, 4) is 17.1 Å². The second-order valence-electron chi connectivity index (χ2n) is 9.24. The molecule has 0 bridgehead atoms. The fraction of sp³-hybridized carbons (Fsp3) is 0.560. The van der Waals surface area contributed by atoms with Gasteiger partial charge in [-0.25, -0.2) is 17.9 Å². The third-order valence-corrected chi connectivity index (χ3v) is 8.36. The molecule has 3 aromatic rings. The first kappa shape index (κ1) is 26.3. The largest absolute Gasteiger partial charge is 0.493 e. The maximum absolute atomic E-state index is 13.4. The van der Waals surface area contributed by atoms with Crippen molar-refractivity contribution in [1.29, 1.82) is 0 Å². The van der Waals surface area contributed by atoms with Gasteiger partial charge in [0, 0.05) is 19.5 Å². The number of rotatable bonds is 10. The summed E-state index contributed by atoms with van der Waals surface area (Å²) in [7, 11) is -3.85. The van der Waals surface area contributed by atoms with Crippen LogP contribution < -0.4 is 10.3 Å². The average molecular weight is 518 g/mol. The number of aromatic nitrogens is 4. The van der Waals surface area contributed by atoms with E-state index < -0.39 is 16.1 Å². The Hall–Kier alpha value is -2.76. The van der Waals surface area contributed by atoms with Crippen LogP contribution in [0.4, 0.5) is 0 Å². The van der Waals surface area contributed by atoms with E-state index in [0.717, 1.165) is 25.7 Å². The van der Waals surface area contributed by atoms with E-state index in [2.05, 4.69) is 22.0 Å². The Bertz CT molecular complexity index is 1380. The van der Waals surface area contributed by atoms with E-state index in [1.165, 1.54) is 16.4 Å². The molecule has 0 saturated carbocycles. The highest BCUT2D eigenvalue weighted by Crippen LogP contribution is 2.32. The summed E-state index contributed by atoms with van der Waals surface area (Å²) in [6, 6.07) is 4.55. The van der Waals surface area contributed by atoms with E-state index in [-0.39, 0.29) is 22.8 Å². The average Bonchev–Trinajstić information content (AvgIpc) is 3.17. The van der Waals surface area contributed by atoms with Crippen molar-refractivity contribution in [3.05, 3.63) is 40.1 Å². The number of aliphatic hydroxyl groups is 1. The lowest BCUT2D eigenvalue weighted by molar-refractivity contribution is 0.108. The molecule has 1 aromatic carbocycles. The van der Waals surface area contributed by atoms with Crippen molar-refractivity contribution >= 4 is 15.5 Å². The first-order valence-electron chi connectivity index (χ1n) is 12.7. The van der Waals surface area contributed by atoms with Crippen LogP contribution in [-0.2, 0) is 16.4 Å². The molecular weight excluding hydrogens is 482 g/mol. The topological polar surface area (TPSA) is 130 Å². The van der Waals surface area contributed by atoms with Crippen LogP contribution in [0.1, 0.15) is 63.9 Å². The van der Waals surface area contributed by atoms with Gasteiger partial charge in [0.25, 0.3) is 5.56 Å². The third kappa shape index (κ3) is 5.33. The number of piperidine rings is 1. The number of aliphatic hydroxyl groups excluding tert-OH is 1. The number of fused-ring (bicyclic) bond motifs is 1. The van der Waals surface area contributed by atoms with Crippen molar-refractivity contribution in [1.82, 2.24) is 23.9 Å². The van der Waals surface area contributed by atoms with Gasteiger partial charge in [0.1, 0.15) is 11.6 Å². The zero-order valence-corrected chi connectivity index (χ0v) is 22.0. The summed E-state index contributed by atoms with van der Waals surface area (Å²) in [6.45, 7) is 6.53. The summed E-state index contributed by atoms with van der Waals surface area (Å²) in [5.41, 5.74) is 1.01. The molecule has 4 rings (SSSR count). The molecule has 0 aliphatic carbocycles. The van der Waals surface area contributed by atoms with Crippen molar-refractivity contribution in [3.63, 3.8) is 0 Å². The fourth-order valence-corrected chi connectivity index (χ4v) is 6.20. The van der Waals surface area contributed by atoms with Gasteiger partial charge in [0.15, 0.2) is 11.3 Å². The minimum atomic E-state index is -3.85. The number of nitrogens with one attached hydrogen (secondary N) is 1. The van der Waals surface area contributed by atoms with Crippen LogP contribution in [0.5, 0.6) is 5.75 Å². The molecule has 2 aromatic heterocycles. The number of aryl methyl sites for hydroxylation is 2. The molecule has 11 heteroatoms. The Labute approximate surface area is 211 Å². The molecule has 1 unspecified atom stereocenters. The van der Waals surface area contributed by atoms with Crippen molar-refractivity contribution in [2.75, 3.05) is 19.7 Å². The van der Waals surface area contributed by atoms with Crippen LogP contribution in [0.3, 0.4) is 0 Å². The van der Waals surface area contributed by atoms with Crippen molar-refractivity contribution in [2.24, 2.45) is 0 Å². The third-order valence-electron chi connectivity index (χ3n) is 6.50. The van der Waals surface area contributed by atoms with Gasteiger partial charge in [-0.3, -0.25) is 4.79 Å². The molecule has 1 aliphatic heterocycles. The number of unbranched alkanes of at least 4 members (excludes halogenated alkanes) is 3. The van der Waals surface area contributed by atoms with Gasteiger partial charge < -0.3 is 14.8 Å². The number of sulfonamides is 1. The molecule has 1 aliphatic rings. The summed E-state index contributed by atoms with van der Waals surface area (Å²) in [5.74, 6) is 1.33. The Morgan fingerprint density at radius 3 is 2.75 bits per heavy atom. The zero-order chi connectivity index (χ0) is 25.9. The molecule has 196 valence electrons. The normalized spacial score (nSPS) is 17.1. The van der Waals surface area contributed by atoms with Crippen LogP contribution in [0.2, 0.25) is 0 Å². The summed E-state index contributed by atoms with van der Waals surface area (Å²) in [6.07, 6.45) is 5.45. The Morgan fingerprint density at radius 2 is 2.03 bits per heavy atom. The molecule has 1 atom stereocenters. The molecule has 2 N–H and O–H groups in total. The quantitative estimate of drug-likeness (QED) is 0.395. The molecule has 1 saturated heterocycles. The summed E-state index contributed by atoms with van der Waals surface area (Å²) < 4.78 is 35.4. The van der Waals surface area contributed by atoms with Crippen LogP contribution in [0, 0.1) is 6.92 Å². The van der Waals surface area contributed by atoms with Gasteiger partial charge in [-0.1, -0.05) is 26.2 Å². The lowest BCUT2D eigenvalue weighted by Crippen LogP contribution is -2.42. The van der Waals surface area contributed by atoms with Crippen molar-refractivity contribution in [2.45, 2.75) is 76.7 Å². The number of H-pyrrole nitrogens is 1. The maximum Gasteiger partial charge on any atom is 0.277 e. The second kappa shape index (κ2) is 11.1. The second-order valence-corrected chi connectivity index (χ2v) is 11.2. The Kier molecular flexibility index (Phi) is 8.11. The number of ether oxygens (including phenoxy) is 1. The fourth-order valence-electron chi connectivity index (χ4n) is 4.65. The molecule has 3 heterocycles. The van der Waals surface area contributed by atoms with E-state index in [9.17, 15) is 18.3 Å². The highest BCUT2D eigenvalue weighted by Gasteiger charge is 2.30. The first-order valence-corrected chi connectivity index (χ1v) is 14.1. The lowest BCUT2D eigenvalue weighted by atomic mass is 10.1. The van der Waals surface area contributed by atoms with Crippen LogP contribution >= 0.6 is 0 Å². The van der Waals surface area contributed by atoms with Crippen molar-refractivity contribution < 1.29 is 18.3 Å². The Morgan fingerprint density at radius 1 is 1.22 bits per heavy atom. The maximum atomic E-state index is 13.4. The molecule has 0 amide bonds. The van der Waals surface area contributed by atoms with E-state index >= 15 is 0 Å². The predicted molar refractivity (Wildman–Crippen MR) is 137 cm³/mol. The smallest absolute Gasteiger partial charge is 0.277 e. The zero-order valence-electron chi connectivity index (χ0n) is 21.2. The van der Waals surface area contributed by atoms with E-state index in [4.69, 9.17) is 4.74 Å². The first-order chi connectivity index (χ1) is 17.3.